The minimum absolute atomic E-state index is 0.414. The highest BCUT2D eigenvalue weighted by Crippen LogP contribution is 2.30. The van der Waals surface area contributed by atoms with Gasteiger partial charge in [-0.3, -0.25) is 0 Å². The van der Waals surface area contributed by atoms with Gasteiger partial charge in [-0.2, -0.15) is 0 Å². The molecule has 1 heterocycles. The molecule has 2 nitrogen and oxygen atoms in total. The van der Waals surface area contributed by atoms with Crippen molar-refractivity contribution in [3.63, 3.8) is 0 Å². The monoisotopic (exact) mass is 235 g/mol. The summed E-state index contributed by atoms with van der Waals surface area (Å²) < 4.78 is 5.53. The molecule has 2 rings (SSSR count). The van der Waals surface area contributed by atoms with Crippen LogP contribution in [0, 0.1) is 5.92 Å². The Hall–Kier alpha value is -0.760. The van der Waals surface area contributed by atoms with Gasteiger partial charge in [0.05, 0.1) is 12.3 Å². The minimum atomic E-state index is 0.414. The van der Waals surface area contributed by atoms with Crippen LogP contribution < -0.4 is 5.32 Å². The van der Waals surface area contributed by atoms with E-state index in [0.29, 0.717) is 6.04 Å². The van der Waals surface area contributed by atoms with Gasteiger partial charge in [-0.1, -0.05) is 39.0 Å². The molecule has 1 aliphatic rings. The Bertz CT molecular complexity index is 288. The van der Waals surface area contributed by atoms with E-state index < -0.39 is 0 Å². The third kappa shape index (κ3) is 3.88. The van der Waals surface area contributed by atoms with Crippen molar-refractivity contribution in [1.29, 1.82) is 0 Å². The second-order valence-electron chi connectivity index (χ2n) is 5.21. The molecular formula is C15H25NO. The van der Waals surface area contributed by atoms with Gasteiger partial charge in [0.15, 0.2) is 0 Å². The second kappa shape index (κ2) is 6.85. The highest BCUT2D eigenvalue weighted by Gasteiger charge is 2.18. The van der Waals surface area contributed by atoms with Crippen LogP contribution in [0.2, 0.25) is 0 Å². The zero-order valence-corrected chi connectivity index (χ0v) is 11.0. The smallest absolute Gasteiger partial charge is 0.120 e. The minimum Gasteiger partial charge on any atom is -0.468 e. The first-order valence-corrected chi connectivity index (χ1v) is 7.17. The van der Waals surface area contributed by atoms with Gasteiger partial charge in [0, 0.05) is 0 Å². The van der Waals surface area contributed by atoms with Crippen molar-refractivity contribution >= 4 is 0 Å². The molecule has 1 aromatic rings. The number of furan rings is 1. The molecule has 1 fully saturated rings. The van der Waals surface area contributed by atoms with E-state index in [9.17, 15) is 0 Å². The molecule has 1 aliphatic carbocycles. The lowest BCUT2D eigenvalue weighted by molar-refractivity contribution is 0.302. The summed E-state index contributed by atoms with van der Waals surface area (Å²) in [4.78, 5) is 0. The Labute approximate surface area is 105 Å². The number of hydrogen-bond acceptors (Lipinski definition) is 2. The first-order chi connectivity index (χ1) is 8.40. The van der Waals surface area contributed by atoms with Gasteiger partial charge < -0.3 is 9.73 Å². The van der Waals surface area contributed by atoms with Crippen molar-refractivity contribution in [2.75, 3.05) is 6.54 Å². The van der Waals surface area contributed by atoms with E-state index in [2.05, 4.69) is 18.3 Å². The van der Waals surface area contributed by atoms with Gasteiger partial charge >= 0.3 is 0 Å². The zero-order chi connectivity index (χ0) is 11.9. The van der Waals surface area contributed by atoms with E-state index in [1.807, 2.05) is 6.07 Å². The molecule has 1 N–H and O–H groups in total. The molecule has 1 unspecified atom stereocenters. The van der Waals surface area contributed by atoms with Crippen LogP contribution in [0.1, 0.15) is 63.7 Å². The lowest BCUT2D eigenvalue weighted by Gasteiger charge is -2.23. The first-order valence-electron chi connectivity index (χ1n) is 7.17. The largest absolute Gasteiger partial charge is 0.468 e. The molecule has 1 aromatic heterocycles. The number of nitrogens with one attached hydrogen (secondary N) is 1. The van der Waals surface area contributed by atoms with Crippen molar-refractivity contribution < 1.29 is 4.42 Å². The average molecular weight is 235 g/mol. The molecular weight excluding hydrogens is 210 g/mol. The number of rotatable bonds is 6. The summed E-state index contributed by atoms with van der Waals surface area (Å²) >= 11 is 0. The topological polar surface area (TPSA) is 25.2 Å². The molecule has 1 atom stereocenters. The molecule has 0 aliphatic heterocycles. The van der Waals surface area contributed by atoms with Crippen molar-refractivity contribution in [3.05, 3.63) is 24.2 Å². The van der Waals surface area contributed by atoms with Crippen LogP contribution in [0.5, 0.6) is 0 Å². The third-order valence-electron chi connectivity index (χ3n) is 3.93. The SMILES string of the molecule is CCNC(CCC1CCCCC1)c1ccco1. The molecule has 17 heavy (non-hydrogen) atoms. The van der Waals surface area contributed by atoms with E-state index in [0.717, 1.165) is 18.2 Å². The lowest BCUT2D eigenvalue weighted by Crippen LogP contribution is -2.21. The van der Waals surface area contributed by atoms with Crippen LogP contribution in [0.4, 0.5) is 0 Å². The predicted molar refractivity (Wildman–Crippen MR) is 70.9 cm³/mol. The highest BCUT2D eigenvalue weighted by atomic mass is 16.3. The summed E-state index contributed by atoms with van der Waals surface area (Å²) in [6, 6.07) is 4.49. The molecule has 0 radical (unpaired) electrons. The maximum atomic E-state index is 5.53. The molecule has 0 saturated heterocycles. The zero-order valence-electron chi connectivity index (χ0n) is 11.0. The van der Waals surface area contributed by atoms with Crippen LogP contribution in [-0.4, -0.2) is 6.54 Å². The van der Waals surface area contributed by atoms with Crippen LogP contribution in [-0.2, 0) is 0 Å². The van der Waals surface area contributed by atoms with Crippen molar-refractivity contribution in [2.45, 2.75) is 57.9 Å². The maximum absolute atomic E-state index is 5.53. The Balaban J connectivity index is 1.81. The summed E-state index contributed by atoms with van der Waals surface area (Å²) in [7, 11) is 0. The summed E-state index contributed by atoms with van der Waals surface area (Å²) in [5, 5.41) is 3.53. The Morgan fingerprint density at radius 2 is 2.18 bits per heavy atom. The van der Waals surface area contributed by atoms with Gasteiger partial charge in [0.1, 0.15) is 5.76 Å². The van der Waals surface area contributed by atoms with Gasteiger partial charge in [0.25, 0.3) is 0 Å². The molecule has 0 bridgehead atoms. The van der Waals surface area contributed by atoms with E-state index in [-0.39, 0.29) is 0 Å². The van der Waals surface area contributed by atoms with E-state index in [1.54, 1.807) is 6.26 Å². The maximum Gasteiger partial charge on any atom is 0.120 e. The Morgan fingerprint density at radius 1 is 1.35 bits per heavy atom. The molecule has 0 amide bonds. The molecule has 2 heteroatoms. The van der Waals surface area contributed by atoms with E-state index >= 15 is 0 Å². The molecule has 96 valence electrons. The van der Waals surface area contributed by atoms with Gasteiger partial charge in [-0.25, -0.2) is 0 Å². The van der Waals surface area contributed by atoms with Crippen molar-refractivity contribution in [2.24, 2.45) is 5.92 Å². The Morgan fingerprint density at radius 3 is 2.82 bits per heavy atom. The van der Waals surface area contributed by atoms with Crippen LogP contribution in [0.25, 0.3) is 0 Å². The summed E-state index contributed by atoms with van der Waals surface area (Å²) in [5.74, 6) is 2.06. The molecule has 0 aromatic carbocycles. The highest BCUT2D eigenvalue weighted by molar-refractivity contribution is 5.04. The fraction of sp³-hybridized carbons (Fsp3) is 0.733. The summed E-state index contributed by atoms with van der Waals surface area (Å²) in [6.45, 7) is 3.17. The lowest BCUT2D eigenvalue weighted by atomic mass is 9.85. The normalized spacial score (nSPS) is 19.4. The fourth-order valence-electron chi connectivity index (χ4n) is 2.96. The van der Waals surface area contributed by atoms with E-state index in [1.165, 1.54) is 44.9 Å². The van der Waals surface area contributed by atoms with Crippen molar-refractivity contribution in [1.82, 2.24) is 5.32 Å². The average Bonchev–Trinajstić information content (AvgIpc) is 2.89. The van der Waals surface area contributed by atoms with Crippen LogP contribution in [0.3, 0.4) is 0 Å². The molecule has 1 saturated carbocycles. The standard InChI is InChI=1S/C15H25NO/c1-2-16-14(15-9-6-12-17-15)11-10-13-7-4-3-5-8-13/h6,9,12-14,16H,2-5,7-8,10-11H2,1H3. The van der Waals surface area contributed by atoms with Gasteiger partial charge in [-0.05, 0) is 37.4 Å². The predicted octanol–water partition coefficient (Wildman–Crippen LogP) is 4.29. The fourth-order valence-corrected chi connectivity index (χ4v) is 2.96. The first kappa shape index (κ1) is 12.7. The van der Waals surface area contributed by atoms with Gasteiger partial charge in [0.2, 0.25) is 0 Å². The number of hydrogen-bond donors (Lipinski definition) is 1. The second-order valence-corrected chi connectivity index (χ2v) is 5.21. The summed E-state index contributed by atoms with van der Waals surface area (Å²) in [6.07, 6.45) is 11.6. The quantitative estimate of drug-likeness (QED) is 0.795. The van der Waals surface area contributed by atoms with Crippen LogP contribution >= 0.6 is 0 Å². The van der Waals surface area contributed by atoms with Crippen LogP contribution in [0.15, 0.2) is 22.8 Å². The summed E-state index contributed by atoms with van der Waals surface area (Å²) in [5.41, 5.74) is 0. The van der Waals surface area contributed by atoms with Crippen molar-refractivity contribution in [3.8, 4) is 0 Å². The molecule has 0 spiro atoms. The van der Waals surface area contributed by atoms with Gasteiger partial charge in [-0.15, -0.1) is 0 Å². The third-order valence-corrected chi connectivity index (χ3v) is 3.93. The Kier molecular flexibility index (Phi) is 5.11. The van der Waals surface area contributed by atoms with E-state index in [4.69, 9.17) is 4.42 Å².